The first-order valence-electron chi connectivity index (χ1n) is 9.30. The molecule has 0 saturated carbocycles. The normalized spacial score (nSPS) is 12.2. The van der Waals surface area contributed by atoms with Crippen LogP contribution in [0, 0.1) is 6.92 Å². The van der Waals surface area contributed by atoms with E-state index in [9.17, 15) is 0 Å². The summed E-state index contributed by atoms with van der Waals surface area (Å²) in [5.41, 5.74) is 2.31. The molecular weight excluding hydrogens is 450 g/mol. The Bertz CT molecular complexity index is 1080. The van der Waals surface area contributed by atoms with E-state index in [-0.39, 0.29) is 5.25 Å². The molecule has 0 aliphatic rings. The zero-order chi connectivity index (χ0) is 20.2. The fraction of sp³-hybridized carbons (Fsp3) is 0.238. The molecule has 29 heavy (non-hydrogen) atoms. The summed E-state index contributed by atoms with van der Waals surface area (Å²) in [4.78, 5) is 0. The van der Waals surface area contributed by atoms with E-state index >= 15 is 0 Å². The average molecular weight is 470 g/mol. The molecule has 0 bridgehead atoms. The Labute approximate surface area is 181 Å². The number of thioether (sulfide) groups is 1. The van der Waals surface area contributed by atoms with Gasteiger partial charge < -0.3 is 8.98 Å². The van der Waals surface area contributed by atoms with Gasteiger partial charge >= 0.3 is 0 Å². The molecule has 0 radical (unpaired) electrons. The molecule has 2 heterocycles. The summed E-state index contributed by atoms with van der Waals surface area (Å²) in [5, 5.41) is 17.9. The smallest absolute Gasteiger partial charge is 0.229 e. The standard InChI is InChI=1S/C21H20BrN5OS/c1-14(20-25-23-15(2)28-20)29-21-26-24-19(17-8-10-18(22)11-9-17)27(21)13-12-16-6-4-3-5-7-16/h3-11,14H,12-13H2,1-2H3. The molecule has 0 aliphatic carbocycles. The number of hydrogen-bond acceptors (Lipinski definition) is 6. The lowest BCUT2D eigenvalue weighted by molar-refractivity contribution is 0.469. The highest BCUT2D eigenvalue weighted by molar-refractivity contribution is 9.10. The molecule has 1 unspecified atom stereocenters. The number of halogens is 1. The Balaban J connectivity index is 1.63. The zero-order valence-electron chi connectivity index (χ0n) is 16.1. The number of aryl methyl sites for hydroxylation is 2. The van der Waals surface area contributed by atoms with E-state index in [1.54, 1.807) is 18.7 Å². The number of aromatic nitrogens is 5. The first kappa shape index (κ1) is 19.8. The van der Waals surface area contributed by atoms with Gasteiger partial charge in [-0.1, -0.05) is 70.2 Å². The van der Waals surface area contributed by atoms with E-state index in [1.807, 2.05) is 37.3 Å². The first-order chi connectivity index (χ1) is 14.1. The van der Waals surface area contributed by atoms with Crippen molar-refractivity contribution in [1.29, 1.82) is 0 Å². The highest BCUT2D eigenvalue weighted by Gasteiger charge is 2.20. The molecule has 0 spiro atoms. The van der Waals surface area contributed by atoms with Crippen LogP contribution in [-0.4, -0.2) is 25.0 Å². The number of rotatable bonds is 7. The Kier molecular flexibility index (Phi) is 6.10. The maximum absolute atomic E-state index is 5.59. The van der Waals surface area contributed by atoms with Crippen LogP contribution < -0.4 is 0 Å². The van der Waals surface area contributed by atoms with Crippen molar-refractivity contribution in [2.24, 2.45) is 0 Å². The lowest BCUT2D eigenvalue weighted by Crippen LogP contribution is -2.06. The van der Waals surface area contributed by atoms with Gasteiger partial charge in [0.05, 0.1) is 5.25 Å². The van der Waals surface area contributed by atoms with Gasteiger partial charge in [0.1, 0.15) is 0 Å². The summed E-state index contributed by atoms with van der Waals surface area (Å²) < 4.78 is 8.79. The van der Waals surface area contributed by atoms with Crippen LogP contribution in [0.5, 0.6) is 0 Å². The van der Waals surface area contributed by atoms with Gasteiger partial charge in [-0.25, -0.2) is 0 Å². The third-order valence-corrected chi connectivity index (χ3v) is 6.05. The van der Waals surface area contributed by atoms with Gasteiger partial charge in [-0.15, -0.1) is 20.4 Å². The van der Waals surface area contributed by atoms with Gasteiger partial charge in [0.25, 0.3) is 0 Å². The van der Waals surface area contributed by atoms with Crippen molar-refractivity contribution < 1.29 is 4.42 Å². The maximum Gasteiger partial charge on any atom is 0.229 e. The fourth-order valence-electron chi connectivity index (χ4n) is 2.96. The van der Waals surface area contributed by atoms with E-state index in [2.05, 4.69) is 65.2 Å². The van der Waals surface area contributed by atoms with Crippen LogP contribution in [0.1, 0.15) is 29.5 Å². The fourth-order valence-corrected chi connectivity index (χ4v) is 4.13. The lowest BCUT2D eigenvalue weighted by Gasteiger charge is -2.12. The predicted octanol–water partition coefficient (Wildman–Crippen LogP) is 5.50. The quantitative estimate of drug-likeness (QED) is 0.333. The van der Waals surface area contributed by atoms with E-state index in [4.69, 9.17) is 4.42 Å². The van der Waals surface area contributed by atoms with Crippen molar-refractivity contribution in [3.8, 4) is 11.4 Å². The van der Waals surface area contributed by atoms with Crippen LogP contribution >= 0.6 is 27.7 Å². The Hall–Kier alpha value is -2.45. The van der Waals surface area contributed by atoms with Gasteiger partial charge in [0, 0.05) is 23.5 Å². The molecule has 0 aliphatic heterocycles. The summed E-state index contributed by atoms with van der Waals surface area (Å²) >= 11 is 5.07. The Morgan fingerprint density at radius 3 is 2.45 bits per heavy atom. The number of nitrogens with zero attached hydrogens (tertiary/aromatic N) is 5. The summed E-state index contributed by atoms with van der Waals surface area (Å²) in [6.07, 6.45) is 0.893. The van der Waals surface area contributed by atoms with Crippen LogP contribution in [-0.2, 0) is 13.0 Å². The van der Waals surface area contributed by atoms with E-state index in [1.165, 1.54) is 5.56 Å². The number of benzene rings is 2. The van der Waals surface area contributed by atoms with E-state index in [0.29, 0.717) is 11.8 Å². The Morgan fingerprint density at radius 1 is 1.00 bits per heavy atom. The minimum atomic E-state index is -0.0198. The maximum atomic E-state index is 5.59. The molecule has 0 amide bonds. The van der Waals surface area contributed by atoms with Crippen molar-refractivity contribution in [1.82, 2.24) is 25.0 Å². The summed E-state index contributed by atoms with van der Waals surface area (Å²) in [7, 11) is 0. The van der Waals surface area contributed by atoms with Crippen molar-refractivity contribution in [2.45, 2.75) is 37.2 Å². The molecule has 148 valence electrons. The molecule has 0 saturated heterocycles. The summed E-state index contributed by atoms with van der Waals surface area (Å²) in [6, 6.07) is 18.6. The first-order valence-corrected chi connectivity index (χ1v) is 11.0. The molecule has 0 N–H and O–H groups in total. The van der Waals surface area contributed by atoms with Crippen molar-refractivity contribution in [2.75, 3.05) is 0 Å². The highest BCUT2D eigenvalue weighted by atomic mass is 79.9. The average Bonchev–Trinajstić information content (AvgIpc) is 3.34. The van der Waals surface area contributed by atoms with Crippen LogP contribution in [0.15, 0.2) is 68.6 Å². The molecule has 0 fully saturated rings. The van der Waals surface area contributed by atoms with Crippen LogP contribution in [0.4, 0.5) is 0 Å². The van der Waals surface area contributed by atoms with Gasteiger partial charge in [0.2, 0.25) is 11.8 Å². The van der Waals surface area contributed by atoms with Crippen LogP contribution in [0.25, 0.3) is 11.4 Å². The molecule has 6 nitrogen and oxygen atoms in total. The molecule has 1 atom stereocenters. The second-order valence-corrected chi connectivity index (χ2v) is 8.84. The SMILES string of the molecule is Cc1nnc(C(C)Sc2nnc(-c3ccc(Br)cc3)n2CCc2ccccc2)o1. The largest absolute Gasteiger partial charge is 0.424 e. The van der Waals surface area contributed by atoms with Crippen LogP contribution in [0.2, 0.25) is 0 Å². The van der Waals surface area contributed by atoms with Gasteiger partial charge in [-0.3, -0.25) is 0 Å². The molecule has 2 aromatic heterocycles. The molecular formula is C21H20BrN5OS. The van der Waals surface area contributed by atoms with Crippen molar-refractivity contribution in [3.05, 3.63) is 76.4 Å². The Morgan fingerprint density at radius 2 is 1.76 bits per heavy atom. The molecule has 4 aromatic rings. The number of hydrogen-bond donors (Lipinski definition) is 0. The summed E-state index contributed by atoms with van der Waals surface area (Å²) in [6.45, 7) is 4.61. The molecule has 4 rings (SSSR count). The molecule has 8 heteroatoms. The topological polar surface area (TPSA) is 69.6 Å². The lowest BCUT2D eigenvalue weighted by atomic mass is 10.1. The second-order valence-electron chi connectivity index (χ2n) is 6.62. The zero-order valence-corrected chi connectivity index (χ0v) is 18.5. The van der Waals surface area contributed by atoms with E-state index in [0.717, 1.165) is 34.0 Å². The van der Waals surface area contributed by atoms with E-state index < -0.39 is 0 Å². The predicted molar refractivity (Wildman–Crippen MR) is 117 cm³/mol. The third kappa shape index (κ3) is 4.76. The second kappa shape index (κ2) is 8.92. The van der Waals surface area contributed by atoms with Gasteiger partial charge in [0.15, 0.2) is 11.0 Å². The van der Waals surface area contributed by atoms with Gasteiger partial charge in [-0.05, 0) is 31.0 Å². The monoisotopic (exact) mass is 469 g/mol. The molecule has 2 aromatic carbocycles. The van der Waals surface area contributed by atoms with Crippen molar-refractivity contribution >= 4 is 27.7 Å². The minimum Gasteiger partial charge on any atom is -0.424 e. The minimum absolute atomic E-state index is 0.0198. The summed E-state index contributed by atoms with van der Waals surface area (Å²) in [5.74, 6) is 2.01. The third-order valence-electron chi connectivity index (χ3n) is 4.46. The van der Waals surface area contributed by atoms with Gasteiger partial charge in [-0.2, -0.15) is 0 Å². The highest BCUT2D eigenvalue weighted by Crippen LogP contribution is 2.35. The van der Waals surface area contributed by atoms with Crippen LogP contribution in [0.3, 0.4) is 0 Å². The van der Waals surface area contributed by atoms with Crippen molar-refractivity contribution in [3.63, 3.8) is 0 Å².